The molecule has 4 heteroatoms. The Morgan fingerprint density at radius 2 is 2.20 bits per heavy atom. The number of carbonyl (C=O) groups is 1. The van der Waals surface area contributed by atoms with Crippen LogP contribution in [0.15, 0.2) is 24.3 Å². The van der Waals surface area contributed by atoms with Crippen LogP contribution in [0.25, 0.3) is 0 Å². The molecule has 1 aliphatic rings. The van der Waals surface area contributed by atoms with Gasteiger partial charge in [-0.3, -0.25) is 4.79 Å². The van der Waals surface area contributed by atoms with E-state index in [0.29, 0.717) is 36.9 Å². The maximum Gasteiger partial charge on any atom is 0.257 e. The summed E-state index contributed by atoms with van der Waals surface area (Å²) in [7, 11) is 0. The van der Waals surface area contributed by atoms with Crippen LogP contribution in [0.5, 0.6) is 5.75 Å². The van der Waals surface area contributed by atoms with E-state index in [0.717, 1.165) is 0 Å². The molecule has 1 amide bonds. The molecule has 0 spiro atoms. The second-order valence-corrected chi connectivity index (χ2v) is 3.70. The van der Waals surface area contributed by atoms with Gasteiger partial charge in [-0.05, 0) is 12.1 Å². The summed E-state index contributed by atoms with van der Waals surface area (Å²) < 4.78 is 5.49. The van der Waals surface area contributed by atoms with Crippen molar-refractivity contribution in [3.8, 4) is 5.75 Å². The number of hydrogen-bond acceptors (Lipinski definition) is 2. The summed E-state index contributed by atoms with van der Waals surface area (Å²) in [6.45, 7) is 1.69. The molecule has 0 radical (unpaired) electrons. The first kappa shape index (κ1) is 10.3. The number of nitrogens with zero attached hydrogens (tertiary/aromatic N) is 1. The third-order valence-corrected chi connectivity index (χ3v) is 2.55. The summed E-state index contributed by atoms with van der Waals surface area (Å²) in [4.78, 5) is 13.7. The molecule has 0 atom stereocenters. The Morgan fingerprint density at radius 3 is 3.00 bits per heavy atom. The van der Waals surface area contributed by atoms with Gasteiger partial charge in [0, 0.05) is 12.4 Å². The lowest BCUT2D eigenvalue weighted by Crippen LogP contribution is -2.33. The third kappa shape index (κ3) is 2.07. The molecule has 0 saturated heterocycles. The summed E-state index contributed by atoms with van der Waals surface area (Å²) in [5.41, 5.74) is 0.625. The third-order valence-electron chi connectivity index (χ3n) is 2.38. The summed E-state index contributed by atoms with van der Waals surface area (Å²) in [6, 6.07) is 7.30. The van der Waals surface area contributed by atoms with Gasteiger partial charge in [-0.1, -0.05) is 12.1 Å². The highest BCUT2D eigenvalue weighted by Gasteiger charge is 2.22. The lowest BCUT2D eigenvalue weighted by Gasteiger charge is -2.17. The second-order valence-electron chi connectivity index (χ2n) is 3.33. The molecule has 15 heavy (non-hydrogen) atoms. The van der Waals surface area contributed by atoms with Crippen LogP contribution >= 0.6 is 11.6 Å². The highest BCUT2D eigenvalue weighted by Crippen LogP contribution is 2.22. The molecule has 3 nitrogen and oxygen atoms in total. The average molecular weight is 226 g/mol. The Labute approximate surface area is 93.6 Å². The smallest absolute Gasteiger partial charge is 0.257 e. The Balaban J connectivity index is 2.30. The molecule has 1 aromatic carbocycles. The number of carbonyl (C=O) groups excluding carboxylic acids is 1. The molecule has 1 aliphatic heterocycles. The normalized spacial score (nSPS) is 15.5. The Bertz CT molecular complexity index is 367. The van der Waals surface area contributed by atoms with Gasteiger partial charge in [0.2, 0.25) is 0 Å². The lowest BCUT2D eigenvalue weighted by atomic mass is 10.2. The van der Waals surface area contributed by atoms with Gasteiger partial charge in [0.05, 0.1) is 12.1 Å². The van der Waals surface area contributed by atoms with Gasteiger partial charge in [-0.25, -0.2) is 0 Å². The SMILES string of the molecule is O=C1c2ccccc2OCCN1CCCl. The molecular weight excluding hydrogens is 214 g/mol. The van der Waals surface area contributed by atoms with Crippen molar-refractivity contribution >= 4 is 17.5 Å². The zero-order valence-corrected chi connectivity index (χ0v) is 9.04. The minimum Gasteiger partial charge on any atom is -0.491 e. The molecule has 1 aromatic rings. The van der Waals surface area contributed by atoms with Crippen LogP contribution in [0, 0.1) is 0 Å². The number of para-hydroxylation sites is 1. The van der Waals surface area contributed by atoms with Gasteiger partial charge >= 0.3 is 0 Å². The van der Waals surface area contributed by atoms with Crippen molar-refractivity contribution in [3.05, 3.63) is 29.8 Å². The second kappa shape index (κ2) is 4.53. The summed E-state index contributed by atoms with van der Waals surface area (Å²) in [5.74, 6) is 1.12. The van der Waals surface area contributed by atoms with Gasteiger partial charge in [0.15, 0.2) is 0 Å². The fraction of sp³-hybridized carbons (Fsp3) is 0.364. The van der Waals surface area contributed by atoms with E-state index in [1.54, 1.807) is 11.0 Å². The monoisotopic (exact) mass is 225 g/mol. The van der Waals surface area contributed by atoms with E-state index in [-0.39, 0.29) is 5.91 Å². The van der Waals surface area contributed by atoms with Crippen molar-refractivity contribution in [2.45, 2.75) is 0 Å². The highest BCUT2D eigenvalue weighted by atomic mass is 35.5. The molecule has 0 bridgehead atoms. The standard InChI is InChI=1S/C11H12ClNO2/c12-5-6-13-7-8-15-10-4-2-1-3-9(10)11(13)14/h1-4H,5-8H2. The van der Waals surface area contributed by atoms with E-state index < -0.39 is 0 Å². The Kier molecular flexibility index (Phi) is 3.11. The lowest BCUT2D eigenvalue weighted by molar-refractivity contribution is 0.0766. The van der Waals surface area contributed by atoms with Crippen molar-refractivity contribution in [3.63, 3.8) is 0 Å². The van der Waals surface area contributed by atoms with E-state index in [4.69, 9.17) is 16.3 Å². The molecule has 0 N–H and O–H groups in total. The minimum absolute atomic E-state index is 0.00347. The number of hydrogen-bond donors (Lipinski definition) is 0. The first-order valence-corrected chi connectivity index (χ1v) is 5.43. The van der Waals surface area contributed by atoms with Crippen molar-refractivity contribution in [1.82, 2.24) is 4.90 Å². The number of benzene rings is 1. The van der Waals surface area contributed by atoms with E-state index in [9.17, 15) is 4.79 Å². The van der Waals surface area contributed by atoms with Crippen LogP contribution < -0.4 is 4.74 Å². The van der Waals surface area contributed by atoms with Crippen LogP contribution in [0.1, 0.15) is 10.4 Å². The number of fused-ring (bicyclic) bond motifs is 1. The molecule has 0 aliphatic carbocycles. The number of halogens is 1. The summed E-state index contributed by atoms with van der Waals surface area (Å²) in [5, 5.41) is 0. The quantitative estimate of drug-likeness (QED) is 0.718. The van der Waals surface area contributed by atoms with Crippen LogP contribution in [0.2, 0.25) is 0 Å². The van der Waals surface area contributed by atoms with Gasteiger partial charge in [-0.15, -0.1) is 11.6 Å². The number of ether oxygens (including phenoxy) is 1. The number of rotatable bonds is 2. The van der Waals surface area contributed by atoms with Crippen LogP contribution in [-0.2, 0) is 0 Å². The number of amides is 1. The molecule has 2 rings (SSSR count). The van der Waals surface area contributed by atoms with Gasteiger partial charge in [-0.2, -0.15) is 0 Å². The van der Waals surface area contributed by atoms with Crippen LogP contribution in [0.3, 0.4) is 0 Å². The first-order valence-electron chi connectivity index (χ1n) is 4.90. The first-order chi connectivity index (χ1) is 7.33. The highest BCUT2D eigenvalue weighted by molar-refractivity contribution is 6.18. The fourth-order valence-corrected chi connectivity index (χ4v) is 1.83. The average Bonchev–Trinajstić information content (AvgIpc) is 2.41. The molecule has 0 saturated carbocycles. The molecule has 1 heterocycles. The largest absolute Gasteiger partial charge is 0.491 e. The Hall–Kier alpha value is -1.22. The molecule has 0 aromatic heterocycles. The zero-order valence-electron chi connectivity index (χ0n) is 8.28. The van der Waals surface area contributed by atoms with Crippen molar-refractivity contribution in [2.75, 3.05) is 25.6 Å². The Morgan fingerprint density at radius 1 is 1.40 bits per heavy atom. The van der Waals surface area contributed by atoms with E-state index in [2.05, 4.69) is 0 Å². The van der Waals surface area contributed by atoms with Gasteiger partial charge < -0.3 is 9.64 Å². The molecule has 0 fully saturated rings. The molecule has 0 unspecified atom stereocenters. The maximum absolute atomic E-state index is 12.0. The van der Waals surface area contributed by atoms with Crippen LogP contribution in [-0.4, -0.2) is 36.4 Å². The predicted octanol–water partition coefficient (Wildman–Crippen LogP) is 1.76. The van der Waals surface area contributed by atoms with Crippen molar-refractivity contribution in [1.29, 1.82) is 0 Å². The molecule has 80 valence electrons. The van der Waals surface area contributed by atoms with E-state index in [1.807, 2.05) is 18.2 Å². The minimum atomic E-state index is 0.00347. The van der Waals surface area contributed by atoms with Gasteiger partial charge in [0.25, 0.3) is 5.91 Å². The topological polar surface area (TPSA) is 29.5 Å². The number of alkyl halides is 1. The summed E-state index contributed by atoms with van der Waals surface area (Å²) in [6.07, 6.45) is 0. The van der Waals surface area contributed by atoms with E-state index >= 15 is 0 Å². The van der Waals surface area contributed by atoms with E-state index in [1.165, 1.54) is 0 Å². The molecular formula is C11H12ClNO2. The zero-order chi connectivity index (χ0) is 10.7. The summed E-state index contributed by atoms with van der Waals surface area (Å²) >= 11 is 5.65. The fourth-order valence-electron chi connectivity index (χ4n) is 1.62. The van der Waals surface area contributed by atoms with Crippen molar-refractivity contribution < 1.29 is 9.53 Å². The van der Waals surface area contributed by atoms with Crippen LogP contribution in [0.4, 0.5) is 0 Å². The maximum atomic E-state index is 12.0. The van der Waals surface area contributed by atoms with Gasteiger partial charge in [0.1, 0.15) is 12.4 Å². The van der Waals surface area contributed by atoms with Crippen molar-refractivity contribution in [2.24, 2.45) is 0 Å². The predicted molar refractivity (Wildman–Crippen MR) is 58.6 cm³/mol.